The van der Waals surface area contributed by atoms with E-state index in [2.05, 4.69) is 39.3 Å². The number of benzene rings is 1. The summed E-state index contributed by atoms with van der Waals surface area (Å²) in [6.45, 7) is 4.98. The van der Waals surface area contributed by atoms with Gasteiger partial charge in [0, 0.05) is 22.6 Å². The first-order chi connectivity index (χ1) is 9.13. The summed E-state index contributed by atoms with van der Waals surface area (Å²) < 4.78 is 8.81. The summed E-state index contributed by atoms with van der Waals surface area (Å²) in [6.07, 6.45) is 3.63. The summed E-state index contributed by atoms with van der Waals surface area (Å²) in [5.41, 5.74) is 1.11. The van der Waals surface area contributed by atoms with Crippen LogP contribution in [-0.4, -0.2) is 16.8 Å². The molecule has 4 nitrogen and oxygen atoms in total. The molecule has 1 aromatic carbocycles. The molecule has 0 amide bonds. The first-order valence-corrected chi connectivity index (χ1v) is 7.10. The van der Waals surface area contributed by atoms with Crippen LogP contribution in [0.3, 0.4) is 0 Å². The quantitative estimate of drug-likeness (QED) is 0.911. The predicted octanol–water partition coefficient (Wildman–Crippen LogP) is 3.74. The Kier molecular flexibility index (Phi) is 4.61. The van der Waals surface area contributed by atoms with Gasteiger partial charge in [-0.25, -0.2) is 0 Å². The Labute approximate surface area is 121 Å². The highest BCUT2D eigenvalue weighted by atomic mass is 79.9. The zero-order chi connectivity index (χ0) is 13.8. The van der Waals surface area contributed by atoms with Gasteiger partial charge in [0.05, 0.1) is 12.4 Å². The molecule has 0 radical (unpaired) electrons. The van der Waals surface area contributed by atoms with Crippen molar-refractivity contribution in [3.63, 3.8) is 0 Å². The molecule has 2 rings (SSSR count). The normalized spacial score (nSPS) is 12.4. The zero-order valence-electron chi connectivity index (χ0n) is 11.4. The van der Waals surface area contributed by atoms with Gasteiger partial charge in [-0.15, -0.1) is 0 Å². The Bertz CT molecular complexity index is 553. The van der Waals surface area contributed by atoms with E-state index in [0.29, 0.717) is 0 Å². The highest BCUT2D eigenvalue weighted by Crippen LogP contribution is 2.31. The Morgan fingerprint density at radius 3 is 2.89 bits per heavy atom. The van der Waals surface area contributed by atoms with Gasteiger partial charge in [0.25, 0.3) is 0 Å². The van der Waals surface area contributed by atoms with Crippen LogP contribution in [0.25, 0.3) is 0 Å². The molecule has 102 valence electrons. The molecule has 0 spiro atoms. The molecule has 1 heterocycles. The molecule has 1 atom stereocenters. The largest absolute Gasteiger partial charge is 0.454 e. The van der Waals surface area contributed by atoms with Gasteiger partial charge in [0.15, 0.2) is 5.75 Å². The molecule has 19 heavy (non-hydrogen) atoms. The third kappa shape index (κ3) is 3.36. The van der Waals surface area contributed by atoms with Gasteiger partial charge in [0.1, 0.15) is 5.75 Å². The number of aromatic nitrogens is 2. The second-order valence-corrected chi connectivity index (χ2v) is 5.24. The maximum absolute atomic E-state index is 5.93. The van der Waals surface area contributed by atoms with Crippen LogP contribution in [0.4, 0.5) is 0 Å². The first-order valence-electron chi connectivity index (χ1n) is 6.31. The van der Waals surface area contributed by atoms with Crippen molar-refractivity contribution in [2.75, 3.05) is 7.05 Å². The van der Waals surface area contributed by atoms with Crippen molar-refractivity contribution in [1.82, 2.24) is 15.1 Å². The Morgan fingerprint density at radius 2 is 2.26 bits per heavy atom. The van der Waals surface area contributed by atoms with Gasteiger partial charge >= 0.3 is 0 Å². The molecule has 0 saturated carbocycles. The van der Waals surface area contributed by atoms with Crippen LogP contribution in [0.1, 0.15) is 25.5 Å². The van der Waals surface area contributed by atoms with Gasteiger partial charge < -0.3 is 10.1 Å². The van der Waals surface area contributed by atoms with E-state index in [9.17, 15) is 0 Å². The maximum Gasteiger partial charge on any atom is 0.165 e. The van der Waals surface area contributed by atoms with E-state index in [0.717, 1.165) is 28.1 Å². The lowest BCUT2D eigenvalue weighted by Crippen LogP contribution is -2.13. The van der Waals surface area contributed by atoms with Gasteiger partial charge in [-0.3, -0.25) is 4.68 Å². The van der Waals surface area contributed by atoms with Crippen LogP contribution in [0.15, 0.2) is 35.1 Å². The van der Waals surface area contributed by atoms with Crippen molar-refractivity contribution in [2.24, 2.45) is 0 Å². The molecule has 0 fully saturated rings. The SMILES string of the molecule is CCn1cc(Oc2ccc(Br)cc2C(C)NC)cn1. The lowest BCUT2D eigenvalue weighted by molar-refractivity contribution is 0.465. The summed E-state index contributed by atoms with van der Waals surface area (Å²) >= 11 is 3.49. The van der Waals surface area contributed by atoms with E-state index < -0.39 is 0 Å². The van der Waals surface area contributed by atoms with Gasteiger partial charge in [-0.05, 0) is 39.1 Å². The fourth-order valence-corrected chi connectivity index (χ4v) is 2.18. The van der Waals surface area contributed by atoms with Gasteiger partial charge in [0.2, 0.25) is 0 Å². The third-order valence-electron chi connectivity index (χ3n) is 3.03. The summed E-state index contributed by atoms with van der Waals surface area (Å²) in [6, 6.07) is 6.23. The molecule has 0 saturated heterocycles. The number of nitrogens with zero attached hydrogens (tertiary/aromatic N) is 2. The van der Waals surface area contributed by atoms with Crippen molar-refractivity contribution >= 4 is 15.9 Å². The van der Waals surface area contributed by atoms with E-state index >= 15 is 0 Å². The summed E-state index contributed by atoms with van der Waals surface area (Å²) in [4.78, 5) is 0. The molecule has 5 heteroatoms. The van der Waals surface area contributed by atoms with E-state index in [1.165, 1.54) is 0 Å². The van der Waals surface area contributed by atoms with Crippen molar-refractivity contribution in [1.29, 1.82) is 0 Å². The number of nitrogens with one attached hydrogen (secondary N) is 1. The van der Waals surface area contributed by atoms with E-state index in [4.69, 9.17) is 4.74 Å². The number of hydrogen-bond donors (Lipinski definition) is 1. The standard InChI is InChI=1S/C14H18BrN3O/c1-4-18-9-12(8-17-18)19-14-6-5-11(15)7-13(14)10(2)16-3/h5-10,16H,4H2,1-3H3. The van der Waals surface area contributed by atoms with Crippen LogP contribution in [0, 0.1) is 0 Å². The van der Waals surface area contributed by atoms with Crippen molar-refractivity contribution < 1.29 is 4.74 Å². The lowest BCUT2D eigenvalue weighted by Gasteiger charge is -2.16. The second-order valence-electron chi connectivity index (χ2n) is 4.33. The molecule has 1 aromatic heterocycles. The minimum atomic E-state index is 0.216. The number of ether oxygens (including phenoxy) is 1. The van der Waals surface area contributed by atoms with E-state index in [-0.39, 0.29) is 6.04 Å². The van der Waals surface area contributed by atoms with Crippen molar-refractivity contribution in [3.05, 3.63) is 40.6 Å². The fourth-order valence-electron chi connectivity index (χ4n) is 1.80. The number of halogens is 1. The predicted molar refractivity (Wildman–Crippen MR) is 79.6 cm³/mol. The Hall–Kier alpha value is -1.33. The van der Waals surface area contributed by atoms with Crippen LogP contribution < -0.4 is 10.1 Å². The molecule has 0 bridgehead atoms. The Balaban J connectivity index is 2.28. The highest BCUT2D eigenvalue weighted by molar-refractivity contribution is 9.10. The number of rotatable bonds is 5. The summed E-state index contributed by atoms with van der Waals surface area (Å²) in [7, 11) is 1.93. The summed E-state index contributed by atoms with van der Waals surface area (Å²) in [5, 5.41) is 7.44. The molecule has 1 N–H and O–H groups in total. The second kappa shape index (κ2) is 6.21. The van der Waals surface area contributed by atoms with Crippen LogP contribution >= 0.6 is 15.9 Å². The maximum atomic E-state index is 5.93. The number of aryl methyl sites for hydroxylation is 1. The van der Waals surface area contributed by atoms with Crippen LogP contribution in [0.2, 0.25) is 0 Å². The van der Waals surface area contributed by atoms with Gasteiger partial charge in [-0.1, -0.05) is 15.9 Å². The monoisotopic (exact) mass is 323 g/mol. The number of hydrogen-bond acceptors (Lipinski definition) is 3. The molecule has 0 aliphatic heterocycles. The highest BCUT2D eigenvalue weighted by Gasteiger charge is 2.12. The topological polar surface area (TPSA) is 39.1 Å². The van der Waals surface area contributed by atoms with Crippen molar-refractivity contribution in [3.8, 4) is 11.5 Å². The van der Waals surface area contributed by atoms with Gasteiger partial charge in [-0.2, -0.15) is 5.10 Å². The fraction of sp³-hybridized carbons (Fsp3) is 0.357. The van der Waals surface area contributed by atoms with Crippen molar-refractivity contribution in [2.45, 2.75) is 26.4 Å². The smallest absolute Gasteiger partial charge is 0.165 e. The molecule has 0 aliphatic rings. The first kappa shape index (κ1) is 14.1. The van der Waals surface area contributed by atoms with Crippen LogP contribution in [-0.2, 0) is 6.54 Å². The minimum Gasteiger partial charge on any atom is -0.454 e. The minimum absolute atomic E-state index is 0.216. The lowest BCUT2D eigenvalue weighted by atomic mass is 10.1. The molecular formula is C14H18BrN3O. The molecule has 1 unspecified atom stereocenters. The van der Waals surface area contributed by atoms with E-state index in [1.807, 2.05) is 37.0 Å². The third-order valence-corrected chi connectivity index (χ3v) is 3.53. The molecule has 0 aliphatic carbocycles. The molecule has 2 aromatic rings. The molecular weight excluding hydrogens is 306 g/mol. The average Bonchev–Trinajstić information content (AvgIpc) is 2.87. The summed E-state index contributed by atoms with van der Waals surface area (Å²) in [5.74, 6) is 1.61. The Morgan fingerprint density at radius 1 is 1.47 bits per heavy atom. The van der Waals surface area contributed by atoms with Crippen LogP contribution in [0.5, 0.6) is 11.5 Å². The average molecular weight is 324 g/mol. The zero-order valence-corrected chi connectivity index (χ0v) is 12.9. The van der Waals surface area contributed by atoms with E-state index in [1.54, 1.807) is 6.20 Å².